The summed E-state index contributed by atoms with van der Waals surface area (Å²) in [6, 6.07) is 6.20. The Hall–Kier alpha value is -1.79. The van der Waals surface area contributed by atoms with Gasteiger partial charge in [0.25, 0.3) is 5.91 Å². The first-order valence-corrected chi connectivity index (χ1v) is 10.3. The monoisotopic (exact) mass is 375 g/mol. The molecule has 1 saturated carbocycles. The highest BCUT2D eigenvalue weighted by Gasteiger charge is 2.52. The summed E-state index contributed by atoms with van der Waals surface area (Å²) in [7, 11) is 0. The summed E-state index contributed by atoms with van der Waals surface area (Å²) in [6.07, 6.45) is 5.82. The van der Waals surface area contributed by atoms with Crippen LogP contribution < -0.4 is 19.7 Å². The molecule has 0 bridgehead atoms. The highest BCUT2D eigenvalue weighted by molar-refractivity contribution is 5.76. The Bertz CT molecular complexity index is 695. The van der Waals surface area contributed by atoms with Crippen molar-refractivity contribution in [3.63, 3.8) is 0 Å². The van der Waals surface area contributed by atoms with Gasteiger partial charge in [0.1, 0.15) is 6.04 Å². The van der Waals surface area contributed by atoms with E-state index in [0.29, 0.717) is 13.1 Å². The maximum absolute atomic E-state index is 12.4. The van der Waals surface area contributed by atoms with Crippen molar-refractivity contribution >= 4 is 5.91 Å². The van der Waals surface area contributed by atoms with Gasteiger partial charge in [-0.15, -0.1) is 0 Å². The predicted octanol–water partition coefficient (Wildman–Crippen LogP) is 1.19. The number of carbonyl (C=O) groups excluding carboxylic acids is 1. The van der Waals surface area contributed by atoms with E-state index in [1.54, 1.807) is 0 Å². The van der Waals surface area contributed by atoms with Crippen molar-refractivity contribution in [2.24, 2.45) is 5.92 Å². The Morgan fingerprint density at radius 3 is 3.00 bits per heavy atom. The van der Waals surface area contributed by atoms with Crippen molar-refractivity contribution in [1.29, 1.82) is 0 Å². The molecule has 6 nitrogen and oxygen atoms in total. The Kier molecular flexibility index (Phi) is 5.28. The summed E-state index contributed by atoms with van der Waals surface area (Å²) in [5, 5.41) is 14.3. The number of hydrogen-bond donors (Lipinski definition) is 3. The van der Waals surface area contributed by atoms with Gasteiger partial charge in [-0.2, -0.15) is 0 Å². The van der Waals surface area contributed by atoms with Crippen LogP contribution in [0.25, 0.3) is 0 Å². The quantitative estimate of drug-likeness (QED) is 0.723. The molecule has 0 spiro atoms. The number of benzene rings is 1. The van der Waals surface area contributed by atoms with Crippen LogP contribution in [0.3, 0.4) is 0 Å². The fourth-order valence-electron chi connectivity index (χ4n) is 5.16. The Morgan fingerprint density at radius 1 is 1.30 bits per heavy atom. The fraction of sp³-hybridized carbons (Fsp3) is 0.667. The molecule has 148 valence electrons. The predicted molar refractivity (Wildman–Crippen MR) is 101 cm³/mol. The van der Waals surface area contributed by atoms with E-state index in [0.717, 1.165) is 62.1 Å². The third kappa shape index (κ3) is 3.65. The first kappa shape index (κ1) is 18.6. The van der Waals surface area contributed by atoms with Crippen LogP contribution in [0, 0.1) is 5.92 Å². The van der Waals surface area contributed by atoms with Crippen molar-refractivity contribution in [1.82, 2.24) is 5.32 Å². The van der Waals surface area contributed by atoms with E-state index in [-0.39, 0.29) is 24.7 Å². The largest absolute Gasteiger partial charge is 0.454 e. The van der Waals surface area contributed by atoms with Crippen LogP contribution in [0.5, 0.6) is 11.5 Å². The van der Waals surface area contributed by atoms with Crippen LogP contribution in [-0.2, 0) is 4.79 Å². The number of amides is 1. The molecule has 1 saturated heterocycles. The highest BCUT2D eigenvalue weighted by Crippen LogP contribution is 2.45. The second-order valence-corrected chi connectivity index (χ2v) is 8.23. The second kappa shape index (κ2) is 7.68. The number of piperidine rings is 1. The van der Waals surface area contributed by atoms with Gasteiger partial charge in [0.05, 0.1) is 12.1 Å². The van der Waals surface area contributed by atoms with Crippen molar-refractivity contribution in [2.45, 2.75) is 57.1 Å². The topological polar surface area (TPSA) is 72.2 Å². The van der Waals surface area contributed by atoms with Crippen molar-refractivity contribution in [2.75, 3.05) is 26.4 Å². The molecule has 0 aromatic heterocycles. The maximum Gasteiger partial charge on any atom is 0.275 e. The van der Waals surface area contributed by atoms with Gasteiger partial charge >= 0.3 is 0 Å². The molecule has 1 aromatic carbocycles. The zero-order chi connectivity index (χ0) is 18.9. The zero-order valence-corrected chi connectivity index (χ0v) is 16.1. The van der Waals surface area contributed by atoms with Crippen molar-refractivity contribution in [3.05, 3.63) is 23.8 Å². The third-order valence-electron chi connectivity index (χ3n) is 6.50. The van der Waals surface area contributed by atoms with Crippen LogP contribution in [0.4, 0.5) is 0 Å². The summed E-state index contributed by atoms with van der Waals surface area (Å²) >= 11 is 0. The lowest BCUT2D eigenvalue weighted by Crippen LogP contribution is -3.16. The average molecular weight is 375 g/mol. The van der Waals surface area contributed by atoms with Gasteiger partial charge in [-0.3, -0.25) is 4.79 Å². The van der Waals surface area contributed by atoms with Crippen molar-refractivity contribution < 1.29 is 24.3 Å². The first-order chi connectivity index (χ1) is 13.1. The molecule has 2 fully saturated rings. The molecule has 27 heavy (non-hydrogen) atoms. The van der Waals surface area contributed by atoms with Crippen LogP contribution in [-0.4, -0.2) is 43.0 Å². The lowest BCUT2D eigenvalue weighted by Gasteiger charge is -2.50. The molecular formula is C21H31N2O4+. The van der Waals surface area contributed by atoms with E-state index >= 15 is 0 Å². The molecular weight excluding hydrogens is 344 g/mol. The van der Waals surface area contributed by atoms with Crippen LogP contribution in [0.1, 0.15) is 57.1 Å². The molecule has 0 radical (unpaired) electrons. The number of fused-ring (bicyclic) bond motifs is 2. The van der Waals surface area contributed by atoms with Gasteiger partial charge < -0.3 is 24.8 Å². The van der Waals surface area contributed by atoms with Gasteiger partial charge in [0.2, 0.25) is 6.79 Å². The van der Waals surface area contributed by atoms with Crippen molar-refractivity contribution in [3.8, 4) is 11.5 Å². The number of aliphatic hydroxyl groups is 1. The molecule has 1 aromatic rings. The lowest BCUT2D eigenvalue weighted by atomic mass is 9.66. The van der Waals surface area contributed by atoms with Crippen LogP contribution in [0.2, 0.25) is 0 Å². The summed E-state index contributed by atoms with van der Waals surface area (Å²) in [4.78, 5) is 13.7. The van der Waals surface area contributed by atoms with Gasteiger partial charge in [0.15, 0.2) is 18.0 Å². The van der Waals surface area contributed by atoms with E-state index in [4.69, 9.17) is 9.47 Å². The number of hydrogen-bond acceptors (Lipinski definition) is 4. The smallest absolute Gasteiger partial charge is 0.275 e. The van der Waals surface area contributed by atoms with Crippen LogP contribution >= 0.6 is 0 Å². The number of ether oxygens (including phenoxy) is 2. The highest BCUT2D eigenvalue weighted by atomic mass is 16.7. The minimum absolute atomic E-state index is 0.0962. The molecule has 4 rings (SSSR count). The van der Waals surface area contributed by atoms with E-state index in [2.05, 4.69) is 24.4 Å². The number of nitrogens with one attached hydrogen (secondary N) is 2. The molecule has 3 aliphatic rings. The molecule has 2 heterocycles. The molecule has 2 aliphatic heterocycles. The van der Waals surface area contributed by atoms with Gasteiger partial charge in [0, 0.05) is 24.4 Å². The molecule has 1 aliphatic carbocycles. The van der Waals surface area contributed by atoms with Gasteiger partial charge in [-0.25, -0.2) is 0 Å². The number of likely N-dealkylation sites (tertiary alicyclic amines) is 1. The van der Waals surface area contributed by atoms with Gasteiger partial charge in [-0.1, -0.05) is 19.8 Å². The maximum atomic E-state index is 12.4. The Balaban J connectivity index is 1.63. The minimum Gasteiger partial charge on any atom is -0.454 e. The van der Waals surface area contributed by atoms with Gasteiger partial charge in [-0.05, 0) is 37.5 Å². The van der Waals surface area contributed by atoms with E-state index in [1.807, 2.05) is 6.07 Å². The number of carbonyl (C=O) groups is 1. The summed E-state index contributed by atoms with van der Waals surface area (Å²) in [5.41, 5.74) is 0.533. The zero-order valence-electron chi connectivity index (χ0n) is 16.1. The van der Waals surface area contributed by atoms with Crippen LogP contribution in [0.15, 0.2) is 18.2 Å². The lowest BCUT2D eigenvalue weighted by molar-refractivity contribution is -0.937. The van der Waals surface area contributed by atoms with E-state index in [9.17, 15) is 9.90 Å². The summed E-state index contributed by atoms with van der Waals surface area (Å²) < 4.78 is 11.0. The molecule has 3 N–H and O–H groups in total. The minimum atomic E-state index is -0.608. The average Bonchev–Trinajstić information content (AvgIpc) is 3.14. The van der Waals surface area contributed by atoms with E-state index < -0.39 is 5.60 Å². The van der Waals surface area contributed by atoms with E-state index in [1.165, 1.54) is 4.90 Å². The molecule has 1 unspecified atom stereocenters. The molecule has 6 heteroatoms. The second-order valence-electron chi connectivity index (χ2n) is 8.23. The summed E-state index contributed by atoms with van der Waals surface area (Å²) in [5.74, 6) is 1.82. The Labute approximate surface area is 160 Å². The standard InChI is InChI=1S/C21H30N2O4/c1-2-10-22-19(24)13-23-11-9-21(25)8-4-3-5-16(21)20(23)15-6-7-17-18(12-15)27-14-26-17/h6-7,12,16,20,25H,2-5,8-11,13-14H2,1H3,(H,22,24)/p+1/t16-,20-,21-/m0/s1. The third-order valence-corrected chi connectivity index (χ3v) is 6.50. The number of quaternary nitrogens is 1. The first-order valence-electron chi connectivity index (χ1n) is 10.3. The number of rotatable bonds is 5. The summed E-state index contributed by atoms with van der Waals surface area (Å²) in [6.45, 7) is 4.30. The normalized spacial score (nSPS) is 32.0. The Morgan fingerprint density at radius 2 is 2.15 bits per heavy atom. The molecule has 4 atom stereocenters. The fourth-order valence-corrected chi connectivity index (χ4v) is 5.16. The molecule has 1 amide bonds. The SMILES string of the molecule is CCCNC(=O)C[NH+]1CC[C@@]2(O)CCCC[C@H]2[C@@H]1c1ccc2c(c1)OCO2.